The van der Waals surface area contributed by atoms with Gasteiger partial charge >= 0.3 is 0 Å². The van der Waals surface area contributed by atoms with Crippen LogP contribution in [0.3, 0.4) is 0 Å². The quantitative estimate of drug-likeness (QED) is 0.599. The highest BCUT2D eigenvalue weighted by atomic mass is 16.7. The topological polar surface area (TPSA) is 36.3 Å². The second-order valence-electron chi connectivity index (χ2n) is 3.08. The van der Waals surface area contributed by atoms with Crippen LogP contribution in [0.15, 0.2) is 0 Å². The van der Waals surface area contributed by atoms with E-state index in [1.165, 1.54) is 19.3 Å². The van der Waals surface area contributed by atoms with Gasteiger partial charge in [0.05, 0.1) is 12.7 Å². The minimum atomic E-state index is 0.605. The maximum Gasteiger partial charge on any atom is 0.0694 e. The molecule has 0 amide bonds. The number of hydrogen-bond acceptors (Lipinski definition) is 3. The van der Waals surface area contributed by atoms with Crippen molar-refractivity contribution in [3.05, 3.63) is 0 Å². The molecule has 3 nitrogen and oxygen atoms in total. The van der Waals surface area contributed by atoms with Crippen LogP contribution in [0.1, 0.15) is 32.1 Å². The molecule has 0 aromatic rings. The maximum atomic E-state index is 8.28. The first-order valence-corrected chi connectivity index (χ1v) is 4.68. The Hall–Kier alpha value is -0.590. The monoisotopic (exact) mass is 168 g/mol. The zero-order chi connectivity index (χ0) is 8.65. The first-order chi connectivity index (χ1) is 5.93. The van der Waals surface area contributed by atoms with Gasteiger partial charge in [0.2, 0.25) is 0 Å². The molecule has 1 rings (SSSR count). The van der Waals surface area contributed by atoms with E-state index in [0.29, 0.717) is 13.0 Å². The van der Waals surface area contributed by atoms with Gasteiger partial charge < -0.3 is 0 Å². The van der Waals surface area contributed by atoms with Crippen molar-refractivity contribution in [2.24, 2.45) is 0 Å². The Labute approximate surface area is 73.9 Å². The number of piperidine rings is 1. The van der Waals surface area contributed by atoms with Crippen molar-refractivity contribution >= 4 is 0 Å². The average molecular weight is 168 g/mol. The van der Waals surface area contributed by atoms with Crippen molar-refractivity contribution in [2.45, 2.75) is 32.1 Å². The summed E-state index contributed by atoms with van der Waals surface area (Å²) in [5.74, 6) is 0. The van der Waals surface area contributed by atoms with Gasteiger partial charge in [0.25, 0.3) is 0 Å². The summed E-state index contributed by atoms with van der Waals surface area (Å²) in [7, 11) is 0. The van der Waals surface area contributed by atoms with Crippen molar-refractivity contribution in [2.75, 3.05) is 19.7 Å². The van der Waals surface area contributed by atoms with Gasteiger partial charge in [-0.2, -0.15) is 10.3 Å². The van der Waals surface area contributed by atoms with Crippen molar-refractivity contribution in [1.29, 1.82) is 5.26 Å². The molecule has 0 atom stereocenters. The molecular formula is C9H16N2O. The molecule has 1 fully saturated rings. The Bertz CT molecular complexity index is 147. The average Bonchev–Trinajstić information content (AvgIpc) is 2.14. The molecule has 0 aromatic heterocycles. The Balaban J connectivity index is 1.95. The van der Waals surface area contributed by atoms with Crippen LogP contribution in [-0.2, 0) is 4.84 Å². The summed E-state index contributed by atoms with van der Waals surface area (Å²) in [5.41, 5.74) is 0. The molecule has 1 heterocycles. The molecule has 0 aliphatic carbocycles. The van der Waals surface area contributed by atoms with E-state index in [-0.39, 0.29) is 0 Å². The standard InChI is InChI=1S/C9H16N2O/c10-6-2-5-9-12-11-7-3-1-4-8-11/h1-5,7-9H2. The zero-order valence-electron chi connectivity index (χ0n) is 7.46. The molecule has 1 aliphatic rings. The zero-order valence-corrected chi connectivity index (χ0v) is 7.46. The van der Waals surface area contributed by atoms with Crippen LogP contribution < -0.4 is 0 Å². The van der Waals surface area contributed by atoms with E-state index < -0.39 is 0 Å². The molecule has 0 saturated carbocycles. The molecule has 0 aromatic carbocycles. The lowest BCUT2D eigenvalue weighted by molar-refractivity contribution is -0.168. The Morgan fingerprint density at radius 1 is 1.25 bits per heavy atom. The van der Waals surface area contributed by atoms with Crippen molar-refractivity contribution in [3.8, 4) is 6.07 Å². The fraction of sp³-hybridized carbons (Fsp3) is 0.889. The third-order valence-electron chi connectivity index (χ3n) is 2.02. The summed E-state index contributed by atoms with van der Waals surface area (Å²) in [6, 6.07) is 2.11. The van der Waals surface area contributed by atoms with Gasteiger partial charge in [0.1, 0.15) is 0 Å². The van der Waals surface area contributed by atoms with E-state index in [2.05, 4.69) is 6.07 Å². The number of rotatable bonds is 4. The van der Waals surface area contributed by atoms with E-state index in [9.17, 15) is 0 Å². The van der Waals surface area contributed by atoms with E-state index >= 15 is 0 Å². The van der Waals surface area contributed by atoms with Crippen molar-refractivity contribution < 1.29 is 4.84 Å². The maximum absolute atomic E-state index is 8.28. The van der Waals surface area contributed by atoms with Crippen LogP contribution in [0.5, 0.6) is 0 Å². The van der Waals surface area contributed by atoms with Gasteiger partial charge in [-0.25, -0.2) is 0 Å². The normalized spacial score (nSPS) is 18.9. The van der Waals surface area contributed by atoms with Crippen molar-refractivity contribution in [1.82, 2.24) is 5.06 Å². The van der Waals surface area contributed by atoms with Gasteiger partial charge in [-0.1, -0.05) is 6.42 Å². The minimum absolute atomic E-state index is 0.605. The van der Waals surface area contributed by atoms with Gasteiger partial charge in [-0.05, 0) is 19.3 Å². The first-order valence-electron chi connectivity index (χ1n) is 4.68. The molecule has 0 radical (unpaired) electrons. The molecule has 1 saturated heterocycles. The lowest BCUT2D eigenvalue weighted by atomic mass is 10.2. The molecule has 0 spiro atoms. The fourth-order valence-corrected chi connectivity index (χ4v) is 1.34. The summed E-state index contributed by atoms with van der Waals surface area (Å²) < 4.78 is 0. The molecule has 0 unspecified atom stereocenters. The second-order valence-corrected chi connectivity index (χ2v) is 3.08. The smallest absolute Gasteiger partial charge is 0.0694 e. The summed E-state index contributed by atoms with van der Waals surface area (Å²) in [6.45, 7) is 2.83. The highest BCUT2D eigenvalue weighted by Gasteiger charge is 2.09. The highest BCUT2D eigenvalue weighted by Crippen LogP contribution is 2.08. The third kappa shape index (κ3) is 3.70. The van der Waals surface area contributed by atoms with Crippen LogP contribution in [-0.4, -0.2) is 24.8 Å². The number of hydroxylamine groups is 2. The third-order valence-corrected chi connectivity index (χ3v) is 2.02. The van der Waals surface area contributed by atoms with Crippen LogP contribution in [0.2, 0.25) is 0 Å². The summed E-state index contributed by atoms with van der Waals surface area (Å²) in [4.78, 5) is 5.47. The van der Waals surface area contributed by atoms with E-state index in [4.69, 9.17) is 10.1 Å². The second kappa shape index (κ2) is 5.99. The van der Waals surface area contributed by atoms with Gasteiger partial charge in [0.15, 0.2) is 0 Å². The van der Waals surface area contributed by atoms with Gasteiger partial charge in [0, 0.05) is 19.5 Å². The number of nitriles is 1. The summed E-state index contributed by atoms with van der Waals surface area (Å²) >= 11 is 0. The van der Waals surface area contributed by atoms with Crippen LogP contribution >= 0.6 is 0 Å². The number of unbranched alkanes of at least 4 members (excludes halogenated alkanes) is 1. The minimum Gasteiger partial charge on any atom is -0.299 e. The molecule has 3 heteroatoms. The molecule has 1 aliphatic heterocycles. The van der Waals surface area contributed by atoms with Crippen LogP contribution in [0, 0.1) is 11.3 Å². The summed E-state index contributed by atoms with van der Waals surface area (Å²) in [5, 5.41) is 10.3. The largest absolute Gasteiger partial charge is 0.299 e. The molecular weight excluding hydrogens is 152 g/mol. The van der Waals surface area contributed by atoms with Gasteiger partial charge in [-0.3, -0.25) is 4.84 Å². The molecule has 68 valence electrons. The van der Waals surface area contributed by atoms with Gasteiger partial charge in [-0.15, -0.1) is 0 Å². The highest BCUT2D eigenvalue weighted by molar-refractivity contribution is 4.67. The predicted octanol–water partition coefficient (Wildman–Crippen LogP) is 1.71. The first kappa shape index (κ1) is 9.50. The van der Waals surface area contributed by atoms with Crippen LogP contribution in [0.4, 0.5) is 0 Å². The Kier molecular flexibility index (Phi) is 4.74. The van der Waals surface area contributed by atoms with E-state index in [1.807, 2.05) is 5.06 Å². The Morgan fingerprint density at radius 3 is 2.67 bits per heavy atom. The van der Waals surface area contributed by atoms with E-state index in [0.717, 1.165) is 19.5 Å². The number of nitrogens with zero attached hydrogens (tertiary/aromatic N) is 2. The van der Waals surface area contributed by atoms with E-state index in [1.54, 1.807) is 0 Å². The summed E-state index contributed by atoms with van der Waals surface area (Å²) in [6.07, 6.45) is 5.29. The Morgan fingerprint density at radius 2 is 2.00 bits per heavy atom. The predicted molar refractivity (Wildman–Crippen MR) is 46.2 cm³/mol. The molecule has 12 heavy (non-hydrogen) atoms. The number of hydrogen-bond donors (Lipinski definition) is 0. The molecule has 0 bridgehead atoms. The fourth-order valence-electron chi connectivity index (χ4n) is 1.34. The lowest BCUT2D eigenvalue weighted by Gasteiger charge is -2.25. The van der Waals surface area contributed by atoms with Crippen molar-refractivity contribution in [3.63, 3.8) is 0 Å². The lowest BCUT2D eigenvalue weighted by Crippen LogP contribution is -2.30. The SMILES string of the molecule is N#CCCCON1CCCCC1. The molecule has 0 N–H and O–H groups in total. The van der Waals surface area contributed by atoms with Crippen LogP contribution in [0.25, 0.3) is 0 Å².